The summed E-state index contributed by atoms with van der Waals surface area (Å²) in [6.07, 6.45) is 0.906. The van der Waals surface area contributed by atoms with Gasteiger partial charge in [-0.3, -0.25) is 14.9 Å². The number of carbonyl (C=O) groups excluding carboxylic acids is 1. The first kappa shape index (κ1) is 18.3. The zero-order chi connectivity index (χ0) is 16.5. The summed E-state index contributed by atoms with van der Waals surface area (Å²) in [5.41, 5.74) is 0. The Hall–Kier alpha value is -1.74. The first-order valence-electron chi connectivity index (χ1n) is 6.59. The summed E-state index contributed by atoms with van der Waals surface area (Å²) < 4.78 is 0. The van der Waals surface area contributed by atoms with Crippen molar-refractivity contribution >= 4 is 29.0 Å². The molecule has 2 N–H and O–H groups in total. The smallest absolute Gasteiger partial charge is 0.274 e. The van der Waals surface area contributed by atoms with E-state index in [4.69, 9.17) is 0 Å². The van der Waals surface area contributed by atoms with Crippen molar-refractivity contribution in [1.82, 2.24) is 15.5 Å². The molecule has 1 amide bonds. The van der Waals surface area contributed by atoms with Gasteiger partial charge in [-0.1, -0.05) is 0 Å². The predicted molar refractivity (Wildman–Crippen MR) is 90.6 cm³/mol. The number of hydrogen-bond acceptors (Lipinski definition) is 7. The van der Waals surface area contributed by atoms with Gasteiger partial charge in [-0.05, 0) is 12.1 Å². The molecular weight excluding hydrogens is 324 g/mol. The van der Waals surface area contributed by atoms with Gasteiger partial charge in [0.25, 0.3) is 12.1 Å². The minimum Gasteiger partial charge on any atom is -0.370 e. The van der Waals surface area contributed by atoms with Crippen LogP contribution in [0.4, 0.5) is 0 Å². The molecule has 0 saturated carbocycles. The van der Waals surface area contributed by atoms with Crippen LogP contribution in [0.3, 0.4) is 0 Å². The molecule has 9 heteroatoms. The summed E-state index contributed by atoms with van der Waals surface area (Å²) in [5, 5.41) is 16.0. The standard InChI is InChI=1S/C13H20N4O3S2/c1-14-12(8-17(19)20)15-6-7-21-9-10-4-5-11(22-10)13(18)16(2)3/h4-5,8,14-15H,6-7,9H2,1-3H3/b12-8+. The van der Waals surface area contributed by atoms with Gasteiger partial charge >= 0.3 is 0 Å². The zero-order valence-corrected chi connectivity index (χ0v) is 14.4. The van der Waals surface area contributed by atoms with Crippen LogP contribution in [-0.4, -0.2) is 49.2 Å². The van der Waals surface area contributed by atoms with Gasteiger partial charge in [-0.15, -0.1) is 11.3 Å². The molecule has 0 aliphatic rings. The molecule has 0 aromatic carbocycles. The summed E-state index contributed by atoms with van der Waals surface area (Å²) in [5.74, 6) is 2.04. The van der Waals surface area contributed by atoms with Gasteiger partial charge in [0, 0.05) is 44.1 Å². The molecule has 1 aromatic heterocycles. The Kier molecular flexibility index (Phi) is 7.75. The monoisotopic (exact) mass is 344 g/mol. The number of hydrogen-bond donors (Lipinski definition) is 2. The maximum absolute atomic E-state index is 11.8. The van der Waals surface area contributed by atoms with Crippen molar-refractivity contribution in [2.75, 3.05) is 33.4 Å². The van der Waals surface area contributed by atoms with Crippen LogP contribution >= 0.6 is 23.1 Å². The normalized spacial score (nSPS) is 11.1. The molecule has 122 valence electrons. The van der Waals surface area contributed by atoms with Crippen molar-refractivity contribution < 1.29 is 9.72 Å². The number of nitro groups is 1. The van der Waals surface area contributed by atoms with Crippen molar-refractivity contribution in [2.45, 2.75) is 5.75 Å². The summed E-state index contributed by atoms with van der Waals surface area (Å²) in [7, 11) is 5.10. The maximum Gasteiger partial charge on any atom is 0.274 e. The van der Waals surface area contributed by atoms with E-state index < -0.39 is 4.92 Å². The third-order valence-corrected chi connectivity index (χ3v) is 4.85. The van der Waals surface area contributed by atoms with E-state index in [0.717, 1.165) is 27.5 Å². The SMILES string of the molecule is CN/C(=C\[N+](=O)[O-])NCCSCc1ccc(C(=O)N(C)C)s1. The Bertz CT molecular complexity index is 543. The maximum atomic E-state index is 11.8. The average molecular weight is 344 g/mol. The highest BCUT2D eigenvalue weighted by atomic mass is 32.2. The van der Waals surface area contributed by atoms with Gasteiger partial charge < -0.3 is 15.5 Å². The van der Waals surface area contributed by atoms with E-state index >= 15 is 0 Å². The molecule has 0 radical (unpaired) electrons. The average Bonchev–Trinajstić information content (AvgIpc) is 2.93. The lowest BCUT2D eigenvalue weighted by Gasteiger charge is -2.07. The summed E-state index contributed by atoms with van der Waals surface area (Å²) in [4.78, 5) is 25.1. The van der Waals surface area contributed by atoms with Crippen molar-refractivity contribution in [3.63, 3.8) is 0 Å². The van der Waals surface area contributed by atoms with E-state index in [-0.39, 0.29) is 5.91 Å². The highest BCUT2D eigenvalue weighted by Crippen LogP contribution is 2.22. The van der Waals surface area contributed by atoms with Crippen LogP contribution in [-0.2, 0) is 5.75 Å². The number of carbonyl (C=O) groups is 1. The van der Waals surface area contributed by atoms with Gasteiger partial charge in [0.1, 0.15) is 0 Å². The second kappa shape index (κ2) is 9.31. The lowest BCUT2D eigenvalue weighted by Crippen LogP contribution is -2.26. The summed E-state index contributed by atoms with van der Waals surface area (Å²) >= 11 is 3.21. The van der Waals surface area contributed by atoms with Crippen LogP contribution in [0.1, 0.15) is 14.5 Å². The van der Waals surface area contributed by atoms with Crippen LogP contribution < -0.4 is 10.6 Å². The van der Waals surface area contributed by atoms with E-state index in [0.29, 0.717) is 12.4 Å². The van der Waals surface area contributed by atoms with E-state index in [9.17, 15) is 14.9 Å². The Labute approximate surface area is 137 Å². The Morgan fingerprint density at radius 2 is 2.23 bits per heavy atom. The second-order valence-corrected chi connectivity index (χ2v) is 6.80. The third kappa shape index (κ3) is 6.35. The predicted octanol–water partition coefficient (Wildman–Crippen LogP) is 1.57. The Balaban J connectivity index is 2.31. The van der Waals surface area contributed by atoms with Gasteiger partial charge in [-0.2, -0.15) is 11.8 Å². The minimum atomic E-state index is -0.499. The fraction of sp³-hybridized carbons (Fsp3) is 0.462. The lowest BCUT2D eigenvalue weighted by atomic mass is 10.4. The van der Waals surface area contributed by atoms with Gasteiger partial charge in [0.05, 0.1) is 9.80 Å². The molecule has 0 bridgehead atoms. The number of amides is 1. The van der Waals surface area contributed by atoms with Gasteiger partial charge in [0.2, 0.25) is 0 Å². The van der Waals surface area contributed by atoms with Crippen molar-refractivity contribution in [3.8, 4) is 0 Å². The van der Waals surface area contributed by atoms with Crippen LogP contribution in [0.25, 0.3) is 0 Å². The van der Waals surface area contributed by atoms with E-state index in [2.05, 4.69) is 10.6 Å². The molecule has 1 heterocycles. The second-order valence-electron chi connectivity index (χ2n) is 4.52. The fourth-order valence-corrected chi connectivity index (χ4v) is 3.52. The molecule has 1 aromatic rings. The number of nitrogens with one attached hydrogen (secondary N) is 2. The Morgan fingerprint density at radius 3 is 2.82 bits per heavy atom. The highest BCUT2D eigenvalue weighted by molar-refractivity contribution is 7.98. The molecule has 0 aliphatic carbocycles. The molecule has 0 fully saturated rings. The summed E-state index contributed by atoms with van der Waals surface area (Å²) in [6.45, 7) is 0.625. The Morgan fingerprint density at radius 1 is 1.50 bits per heavy atom. The topological polar surface area (TPSA) is 87.5 Å². The molecule has 7 nitrogen and oxygen atoms in total. The fourth-order valence-electron chi connectivity index (χ4n) is 1.53. The third-order valence-electron chi connectivity index (χ3n) is 2.59. The summed E-state index contributed by atoms with van der Waals surface area (Å²) in [6, 6.07) is 3.81. The van der Waals surface area contributed by atoms with Crippen molar-refractivity contribution in [2.24, 2.45) is 0 Å². The first-order chi connectivity index (χ1) is 10.4. The van der Waals surface area contributed by atoms with E-state index in [1.54, 1.807) is 37.8 Å². The molecule has 0 atom stereocenters. The van der Waals surface area contributed by atoms with Crippen LogP contribution in [0, 0.1) is 10.1 Å². The van der Waals surface area contributed by atoms with Crippen LogP contribution in [0.2, 0.25) is 0 Å². The number of rotatable bonds is 9. The van der Waals surface area contributed by atoms with Gasteiger partial charge in [-0.25, -0.2) is 0 Å². The van der Waals surface area contributed by atoms with Crippen molar-refractivity contribution in [3.05, 3.63) is 44.0 Å². The number of thiophene rings is 1. The lowest BCUT2D eigenvalue weighted by molar-refractivity contribution is -0.404. The molecule has 22 heavy (non-hydrogen) atoms. The van der Waals surface area contributed by atoms with E-state index in [1.807, 2.05) is 12.1 Å². The number of nitrogens with zero attached hydrogens (tertiary/aromatic N) is 2. The van der Waals surface area contributed by atoms with E-state index in [1.165, 1.54) is 11.3 Å². The largest absolute Gasteiger partial charge is 0.370 e. The molecular formula is C13H20N4O3S2. The molecule has 0 spiro atoms. The quantitative estimate of drug-likeness (QED) is 0.402. The molecule has 0 unspecified atom stereocenters. The minimum absolute atomic E-state index is 0.0199. The molecule has 1 rings (SSSR count). The first-order valence-corrected chi connectivity index (χ1v) is 8.56. The molecule has 0 aliphatic heterocycles. The van der Waals surface area contributed by atoms with Crippen LogP contribution in [0.5, 0.6) is 0 Å². The van der Waals surface area contributed by atoms with Crippen LogP contribution in [0.15, 0.2) is 24.2 Å². The number of thioether (sulfide) groups is 1. The molecule has 0 saturated heterocycles. The zero-order valence-electron chi connectivity index (χ0n) is 12.8. The van der Waals surface area contributed by atoms with Crippen molar-refractivity contribution in [1.29, 1.82) is 0 Å². The van der Waals surface area contributed by atoms with Gasteiger partial charge in [0.15, 0.2) is 5.82 Å². The highest BCUT2D eigenvalue weighted by Gasteiger charge is 2.10.